The first kappa shape index (κ1) is 9.98. The van der Waals surface area contributed by atoms with Crippen molar-refractivity contribution in [1.29, 1.82) is 0 Å². The molecule has 0 spiro atoms. The fourth-order valence-electron chi connectivity index (χ4n) is 1.96. The van der Waals surface area contributed by atoms with Crippen LogP contribution in [0.3, 0.4) is 0 Å². The van der Waals surface area contributed by atoms with E-state index in [1.165, 1.54) is 22.6 Å². The van der Waals surface area contributed by atoms with Crippen LogP contribution < -0.4 is 0 Å². The highest BCUT2D eigenvalue weighted by Gasteiger charge is 2.43. The van der Waals surface area contributed by atoms with Gasteiger partial charge in [-0.1, -0.05) is 36.4 Å². The molecular weight excluding hydrogens is 212 g/mol. The van der Waals surface area contributed by atoms with Gasteiger partial charge in [-0.3, -0.25) is 0 Å². The second kappa shape index (κ2) is 4.34. The molecule has 0 nitrogen and oxygen atoms in total. The zero-order chi connectivity index (χ0) is 10.8. The summed E-state index contributed by atoms with van der Waals surface area (Å²) in [6.07, 6.45) is 2.79. The summed E-state index contributed by atoms with van der Waals surface area (Å²) in [4.78, 5) is 2.99. The molecule has 80 valence electrons. The third-order valence-corrected chi connectivity index (χ3v) is 5.55. The molecule has 16 heavy (non-hydrogen) atoms. The minimum Gasteiger partial charge on any atom is -0.0619 e. The third-order valence-electron chi connectivity index (χ3n) is 2.85. The molecule has 0 N–H and O–H groups in total. The minimum absolute atomic E-state index is 0.308. The molecule has 0 unspecified atom stereocenters. The third kappa shape index (κ3) is 2.00. The summed E-state index contributed by atoms with van der Waals surface area (Å²) in [6, 6.07) is 21.9. The van der Waals surface area contributed by atoms with Crippen LogP contribution >= 0.6 is 0 Å². The lowest BCUT2D eigenvalue weighted by Gasteiger charge is -2.06. The Hall–Kier alpha value is -1.21. The van der Waals surface area contributed by atoms with E-state index in [-0.39, 0.29) is 0 Å². The SMILES string of the molecule is c1ccc([S+](c2ccccc2)C2CC2)cc1. The van der Waals surface area contributed by atoms with Crippen molar-refractivity contribution in [2.45, 2.75) is 27.9 Å². The van der Waals surface area contributed by atoms with E-state index in [1.54, 1.807) is 0 Å². The molecule has 0 aromatic heterocycles. The van der Waals surface area contributed by atoms with E-state index in [2.05, 4.69) is 60.7 Å². The van der Waals surface area contributed by atoms with E-state index in [0.717, 1.165) is 5.25 Å². The summed E-state index contributed by atoms with van der Waals surface area (Å²) < 4.78 is 0. The van der Waals surface area contributed by atoms with Gasteiger partial charge in [-0.25, -0.2) is 0 Å². The summed E-state index contributed by atoms with van der Waals surface area (Å²) in [5, 5.41) is 0.893. The Morgan fingerprint density at radius 2 is 1.12 bits per heavy atom. The van der Waals surface area contributed by atoms with Crippen molar-refractivity contribution in [2.24, 2.45) is 0 Å². The molecule has 0 aliphatic heterocycles. The highest BCUT2D eigenvalue weighted by atomic mass is 32.2. The maximum atomic E-state index is 2.27. The van der Waals surface area contributed by atoms with Gasteiger partial charge in [-0.15, -0.1) is 0 Å². The second-order valence-electron chi connectivity index (χ2n) is 4.16. The predicted molar refractivity (Wildman–Crippen MR) is 69.8 cm³/mol. The molecular formula is C15H15S+. The lowest BCUT2D eigenvalue weighted by molar-refractivity contribution is 1.32. The molecule has 0 heterocycles. The van der Waals surface area contributed by atoms with Gasteiger partial charge in [0.2, 0.25) is 0 Å². The van der Waals surface area contributed by atoms with Crippen molar-refractivity contribution < 1.29 is 0 Å². The van der Waals surface area contributed by atoms with Gasteiger partial charge in [0.15, 0.2) is 9.79 Å². The van der Waals surface area contributed by atoms with Crippen LogP contribution in [0, 0.1) is 0 Å². The Balaban J connectivity index is 1.99. The quantitative estimate of drug-likeness (QED) is 0.698. The molecule has 3 rings (SSSR count). The van der Waals surface area contributed by atoms with Gasteiger partial charge in [0.25, 0.3) is 0 Å². The van der Waals surface area contributed by atoms with Crippen molar-refractivity contribution in [3.63, 3.8) is 0 Å². The molecule has 1 heteroatoms. The van der Waals surface area contributed by atoms with E-state index < -0.39 is 0 Å². The molecule has 2 aromatic carbocycles. The van der Waals surface area contributed by atoms with Gasteiger partial charge in [0, 0.05) is 12.8 Å². The topological polar surface area (TPSA) is 0 Å². The minimum atomic E-state index is 0.308. The van der Waals surface area contributed by atoms with Crippen molar-refractivity contribution in [1.82, 2.24) is 0 Å². The summed E-state index contributed by atoms with van der Waals surface area (Å²) in [7, 11) is 0.308. The number of rotatable bonds is 3. The average Bonchev–Trinajstić information content (AvgIpc) is 3.17. The largest absolute Gasteiger partial charge is 0.160 e. The normalized spacial score (nSPS) is 15.3. The molecule has 0 amide bonds. The summed E-state index contributed by atoms with van der Waals surface area (Å²) in [5.74, 6) is 0. The maximum absolute atomic E-state index is 2.27. The van der Waals surface area contributed by atoms with Crippen LogP contribution in [0.1, 0.15) is 12.8 Å². The lowest BCUT2D eigenvalue weighted by atomic mass is 10.4. The number of hydrogen-bond acceptors (Lipinski definition) is 0. The molecule has 0 atom stereocenters. The molecule has 1 aliphatic rings. The van der Waals surface area contributed by atoms with Gasteiger partial charge in [-0.2, -0.15) is 0 Å². The summed E-state index contributed by atoms with van der Waals surface area (Å²) >= 11 is 0. The van der Waals surface area contributed by atoms with Crippen molar-refractivity contribution in [2.75, 3.05) is 0 Å². The van der Waals surface area contributed by atoms with Crippen LogP contribution in [0.5, 0.6) is 0 Å². The monoisotopic (exact) mass is 227 g/mol. The highest BCUT2D eigenvalue weighted by Crippen LogP contribution is 2.39. The highest BCUT2D eigenvalue weighted by molar-refractivity contribution is 7.97. The summed E-state index contributed by atoms with van der Waals surface area (Å²) in [6.45, 7) is 0. The number of hydrogen-bond donors (Lipinski definition) is 0. The average molecular weight is 227 g/mol. The molecule has 0 saturated heterocycles. The van der Waals surface area contributed by atoms with E-state index >= 15 is 0 Å². The van der Waals surface area contributed by atoms with E-state index in [4.69, 9.17) is 0 Å². The van der Waals surface area contributed by atoms with Gasteiger partial charge >= 0.3 is 0 Å². The van der Waals surface area contributed by atoms with Crippen LogP contribution in [0.4, 0.5) is 0 Å². The van der Waals surface area contributed by atoms with Crippen molar-refractivity contribution >= 4 is 10.9 Å². The predicted octanol–water partition coefficient (Wildman–Crippen LogP) is 3.89. The van der Waals surface area contributed by atoms with E-state index in [0.29, 0.717) is 10.9 Å². The first-order chi connectivity index (χ1) is 7.95. The Bertz CT molecular complexity index is 406. The molecule has 1 fully saturated rings. The van der Waals surface area contributed by atoms with Crippen LogP contribution in [-0.4, -0.2) is 5.25 Å². The number of benzene rings is 2. The Kier molecular flexibility index (Phi) is 2.71. The Labute approximate surface area is 99.7 Å². The van der Waals surface area contributed by atoms with Crippen molar-refractivity contribution in [3.05, 3.63) is 60.7 Å². The standard InChI is InChI=1S/C15H15S/c1-3-7-13(8-4-1)16(15-11-12-15)14-9-5-2-6-10-14/h1-10,15H,11-12H2/q+1. The van der Waals surface area contributed by atoms with Gasteiger partial charge < -0.3 is 0 Å². The first-order valence-electron chi connectivity index (χ1n) is 5.78. The maximum Gasteiger partial charge on any atom is 0.160 e. The second-order valence-corrected chi connectivity index (χ2v) is 6.45. The lowest BCUT2D eigenvalue weighted by Crippen LogP contribution is -2.08. The first-order valence-corrected chi connectivity index (χ1v) is 7.07. The Morgan fingerprint density at radius 3 is 1.50 bits per heavy atom. The molecule has 1 aliphatic carbocycles. The Morgan fingerprint density at radius 1 is 0.688 bits per heavy atom. The molecule has 2 aromatic rings. The van der Waals surface area contributed by atoms with Crippen LogP contribution in [0.2, 0.25) is 0 Å². The zero-order valence-corrected chi connectivity index (χ0v) is 9.99. The fourth-order valence-corrected chi connectivity index (χ4v) is 4.51. The van der Waals surface area contributed by atoms with Gasteiger partial charge in [0.1, 0.15) is 5.25 Å². The smallest absolute Gasteiger partial charge is 0.0619 e. The van der Waals surface area contributed by atoms with E-state index in [9.17, 15) is 0 Å². The van der Waals surface area contributed by atoms with Crippen LogP contribution in [0.25, 0.3) is 0 Å². The van der Waals surface area contributed by atoms with Crippen molar-refractivity contribution in [3.8, 4) is 0 Å². The van der Waals surface area contributed by atoms with Gasteiger partial charge in [0.05, 0.1) is 10.9 Å². The molecule has 1 saturated carbocycles. The van der Waals surface area contributed by atoms with Crippen LogP contribution in [-0.2, 0) is 10.9 Å². The van der Waals surface area contributed by atoms with E-state index in [1.807, 2.05) is 0 Å². The molecule has 0 bridgehead atoms. The zero-order valence-electron chi connectivity index (χ0n) is 9.17. The van der Waals surface area contributed by atoms with Gasteiger partial charge in [-0.05, 0) is 24.3 Å². The molecule has 0 radical (unpaired) electrons. The van der Waals surface area contributed by atoms with Crippen LogP contribution in [0.15, 0.2) is 70.5 Å². The summed E-state index contributed by atoms with van der Waals surface area (Å²) in [5.41, 5.74) is 0. The fraction of sp³-hybridized carbons (Fsp3) is 0.200.